The van der Waals surface area contributed by atoms with E-state index in [4.69, 9.17) is 16.3 Å². The minimum Gasteiger partial charge on any atom is -0.439 e. The Morgan fingerprint density at radius 3 is 2.28 bits per heavy atom. The van der Waals surface area contributed by atoms with Gasteiger partial charge in [0.1, 0.15) is 11.4 Å². The smallest absolute Gasteiger partial charge is 0.433 e. The third-order valence-electron chi connectivity index (χ3n) is 2.05. The Morgan fingerprint density at radius 1 is 1.00 bits per heavy atom. The monoisotopic (exact) mass is 273 g/mol. The fourth-order valence-electron chi connectivity index (χ4n) is 1.25. The normalized spacial score (nSPS) is 11.3. The highest BCUT2D eigenvalue weighted by atomic mass is 35.5. The van der Waals surface area contributed by atoms with E-state index in [2.05, 4.69) is 4.98 Å². The summed E-state index contributed by atoms with van der Waals surface area (Å²) in [5.74, 6) is 0.248. The van der Waals surface area contributed by atoms with Crippen molar-refractivity contribution < 1.29 is 17.9 Å². The van der Waals surface area contributed by atoms with E-state index in [1.165, 1.54) is 12.1 Å². The average molecular weight is 274 g/mol. The summed E-state index contributed by atoms with van der Waals surface area (Å²) in [5.41, 5.74) is -0.992. The minimum absolute atomic E-state index is 0.118. The van der Waals surface area contributed by atoms with Gasteiger partial charge in [-0.2, -0.15) is 13.2 Å². The van der Waals surface area contributed by atoms with Gasteiger partial charge < -0.3 is 4.74 Å². The van der Waals surface area contributed by atoms with E-state index in [1.807, 2.05) is 0 Å². The molecule has 0 aliphatic carbocycles. The quantitative estimate of drug-likeness (QED) is 0.801. The topological polar surface area (TPSA) is 22.1 Å². The second kappa shape index (κ2) is 4.86. The van der Waals surface area contributed by atoms with Gasteiger partial charge in [0.05, 0.1) is 0 Å². The molecule has 0 aliphatic heterocycles. The predicted molar refractivity (Wildman–Crippen MR) is 60.8 cm³/mol. The van der Waals surface area contributed by atoms with Crippen molar-refractivity contribution in [2.45, 2.75) is 6.18 Å². The number of benzene rings is 1. The molecule has 0 atom stereocenters. The van der Waals surface area contributed by atoms with Crippen LogP contribution in [0.2, 0.25) is 5.02 Å². The summed E-state index contributed by atoms with van der Waals surface area (Å²) in [6, 6.07) is 9.71. The molecule has 6 heteroatoms. The van der Waals surface area contributed by atoms with Crippen molar-refractivity contribution in [2.24, 2.45) is 0 Å². The van der Waals surface area contributed by atoms with Gasteiger partial charge in [-0.25, -0.2) is 4.98 Å². The lowest BCUT2D eigenvalue weighted by atomic mass is 10.3. The Bertz CT molecular complexity index is 540. The molecular formula is C12H7ClF3NO. The first-order valence-electron chi connectivity index (χ1n) is 4.93. The van der Waals surface area contributed by atoms with Crippen LogP contribution >= 0.6 is 11.6 Å². The molecule has 0 saturated carbocycles. The van der Waals surface area contributed by atoms with E-state index in [1.54, 1.807) is 24.3 Å². The first-order valence-corrected chi connectivity index (χ1v) is 5.30. The van der Waals surface area contributed by atoms with E-state index in [0.29, 0.717) is 10.8 Å². The maximum Gasteiger partial charge on any atom is 0.433 e. The molecule has 0 bridgehead atoms. The zero-order valence-corrected chi connectivity index (χ0v) is 9.66. The first kappa shape index (κ1) is 12.7. The number of pyridine rings is 1. The van der Waals surface area contributed by atoms with Crippen LogP contribution in [0.3, 0.4) is 0 Å². The number of halogens is 4. The van der Waals surface area contributed by atoms with Crippen LogP contribution in [0.1, 0.15) is 5.69 Å². The minimum atomic E-state index is -4.49. The van der Waals surface area contributed by atoms with Gasteiger partial charge >= 0.3 is 6.18 Å². The van der Waals surface area contributed by atoms with Crippen molar-refractivity contribution in [1.29, 1.82) is 0 Å². The van der Waals surface area contributed by atoms with Crippen molar-refractivity contribution in [3.05, 3.63) is 53.2 Å². The molecule has 94 valence electrons. The maximum absolute atomic E-state index is 12.4. The first-order chi connectivity index (χ1) is 8.45. The number of ether oxygens (including phenoxy) is 1. The van der Waals surface area contributed by atoms with Crippen LogP contribution in [0.15, 0.2) is 42.5 Å². The van der Waals surface area contributed by atoms with E-state index in [9.17, 15) is 13.2 Å². The summed E-state index contributed by atoms with van der Waals surface area (Å²) in [5, 5.41) is 0.513. The van der Waals surface area contributed by atoms with Crippen molar-refractivity contribution in [3.8, 4) is 11.6 Å². The number of alkyl halides is 3. The molecule has 1 aromatic heterocycles. The molecular weight excluding hydrogens is 267 g/mol. The highest BCUT2D eigenvalue weighted by Gasteiger charge is 2.32. The van der Waals surface area contributed by atoms with Crippen molar-refractivity contribution in [3.63, 3.8) is 0 Å². The zero-order chi connectivity index (χ0) is 13.2. The molecule has 0 saturated heterocycles. The average Bonchev–Trinajstić information content (AvgIpc) is 2.31. The molecule has 2 nitrogen and oxygen atoms in total. The summed E-state index contributed by atoms with van der Waals surface area (Å²) >= 11 is 5.68. The second-order valence-corrected chi connectivity index (χ2v) is 3.85. The summed E-state index contributed by atoms with van der Waals surface area (Å²) < 4.78 is 42.5. The molecule has 2 aromatic rings. The number of nitrogens with zero attached hydrogens (tertiary/aromatic N) is 1. The van der Waals surface area contributed by atoms with Crippen LogP contribution < -0.4 is 4.74 Å². The summed E-state index contributed by atoms with van der Waals surface area (Å²) in [6.07, 6.45) is -4.49. The van der Waals surface area contributed by atoms with E-state index in [-0.39, 0.29) is 5.88 Å². The Kier molecular flexibility index (Phi) is 3.43. The molecule has 0 amide bonds. The van der Waals surface area contributed by atoms with E-state index < -0.39 is 11.9 Å². The van der Waals surface area contributed by atoms with Gasteiger partial charge in [-0.05, 0) is 30.3 Å². The van der Waals surface area contributed by atoms with Crippen molar-refractivity contribution in [1.82, 2.24) is 4.98 Å². The van der Waals surface area contributed by atoms with Crippen LogP contribution in [-0.2, 0) is 6.18 Å². The lowest BCUT2D eigenvalue weighted by Gasteiger charge is -2.08. The molecule has 1 heterocycles. The summed E-state index contributed by atoms with van der Waals surface area (Å²) in [6.45, 7) is 0. The number of hydrogen-bond donors (Lipinski definition) is 0. The molecule has 0 spiro atoms. The highest BCUT2D eigenvalue weighted by Crippen LogP contribution is 2.29. The SMILES string of the molecule is FC(F)(F)c1cccc(Oc2ccc(Cl)cc2)n1. The standard InChI is InChI=1S/C12H7ClF3NO/c13-8-4-6-9(7-5-8)18-11-3-1-2-10(17-11)12(14,15)16/h1-7H. The fraction of sp³-hybridized carbons (Fsp3) is 0.0833. The van der Waals surface area contributed by atoms with Crippen LogP contribution in [0, 0.1) is 0 Å². The predicted octanol–water partition coefficient (Wildman–Crippen LogP) is 4.55. The lowest BCUT2D eigenvalue weighted by molar-refractivity contribution is -0.141. The van der Waals surface area contributed by atoms with Crippen LogP contribution in [-0.4, -0.2) is 4.98 Å². The van der Waals surface area contributed by atoms with E-state index >= 15 is 0 Å². The largest absolute Gasteiger partial charge is 0.439 e. The van der Waals surface area contributed by atoms with Crippen LogP contribution in [0.25, 0.3) is 0 Å². The Labute approximate surface area is 106 Å². The third-order valence-corrected chi connectivity index (χ3v) is 2.30. The lowest BCUT2D eigenvalue weighted by Crippen LogP contribution is -2.07. The Hall–Kier alpha value is -1.75. The summed E-state index contributed by atoms with van der Waals surface area (Å²) in [7, 11) is 0. The van der Waals surface area contributed by atoms with E-state index in [0.717, 1.165) is 6.07 Å². The zero-order valence-electron chi connectivity index (χ0n) is 8.91. The molecule has 1 aromatic carbocycles. The molecule has 0 N–H and O–H groups in total. The number of aromatic nitrogens is 1. The highest BCUT2D eigenvalue weighted by molar-refractivity contribution is 6.30. The third kappa shape index (κ3) is 3.13. The Morgan fingerprint density at radius 2 is 1.67 bits per heavy atom. The molecule has 0 fully saturated rings. The van der Waals surface area contributed by atoms with Gasteiger partial charge in [-0.15, -0.1) is 0 Å². The van der Waals surface area contributed by atoms with Crippen molar-refractivity contribution >= 4 is 11.6 Å². The van der Waals surface area contributed by atoms with Gasteiger partial charge in [0, 0.05) is 11.1 Å². The van der Waals surface area contributed by atoms with Gasteiger partial charge in [-0.3, -0.25) is 0 Å². The van der Waals surface area contributed by atoms with Gasteiger partial charge in [0.2, 0.25) is 5.88 Å². The molecule has 18 heavy (non-hydrogen) atoms. The molecule has 0 aliphatic rings. The van der Waals surface area contributed by atoms with Crippen LogP contribution in [0.4, 0.5) is 13.2 Å². The molecule has 2 rings (SSSR count). The van der Waals surface area contributed by atoms with Crippen LogP contribution in [0.5, 0.6) is 11.6 Å². The van der Waals surface area contributed by atoms with Gasteiger partial charge in [0.25, 0.3) is 0 Å². The number of rotatable bonds is 2. The fourth-order valence-corrected chi connectivity index (χ4v) is 1.38. The van der Waals surface area contributed by atoms with Gasteiger partial charge in [0.15, 0.2) is 0 Å². The second-order valence-electron chi connectivity index (χ2n) is 3.41. The Balaban J connectivity index is 2.22. The van der Waals surface area contributed by atoms with Crippen molar-refractivity contribution in [2.75, 3.05) is 0 Å². The molecule has 0 radical (unpaired) electrons. The number of hydrogen-bond acceptors (Lipinski definition) is 2. The maximum atomic E-state index is 12.4. The molecule has 0 unspecified atom stereocenters. The van der Waals surface area contributed by atoms with Gasteiger partial charge in [-0.1, -0.05) is 17.7 Å². The summed E-state index contributed by atoms with van der Waals surface area (Å²) in [4.78, 5) is 3.38.